The van der Waals surface area contributed by atoms with Crippen molar-refractivity contribution in [3.8, 4) is 0 Å². The quantitative estimate of drug-likeness (QED) is 0.892. The van der Waals surface area contributed by atoms with Gasteiger partial charge in [-0.25, -0.2) is 4.39 Å². The van der Waals surface area contributed by atoms with Crippen LogP contribution in [0.4, 0.5) is 4.39 Å². The van der Waals surface area contributed by atoms with Gasteiger partial charge in [-0.05, 0) is 34.9 Å². The summed E-state index contributed by atoms with van der Waals surface area (Å²) in [7, 11) is 1.62. The molecule has 0 saturated heterocycles. The molecule has 2 nitrogen and oxygen atoms in total. The number of rotatable bonds is 5. The second kappa shape index (κ2) is 6.97. The summed E-state index contributed by atoms with van der Waals surface area (Å²) in [5, 5.41) is 10.4. The molecular weight excluding hydrogens is 323 g/mol. The van der Waals surface area contributed by atoms with Crippen LogP contribution in [0, 0.1) is 5.82 Å². The lowest BCUT2D eigenvalue weighted by molar-refractivity contribution is 0.161. The third-order valence-corrected chi connectivity index (χ3v) is 3.52. The highest BCUT2D eigenvalue weighted by molar-refractivity contribution is 9.10. The predicted molar refractivity (Wildman–Crippen MR) is 79.9 cm³/mol. The van der Waals surface area contributed by atoms with Gasteiger partial charge >= 0.3 is 0 Å². The first-order chi connectivity index (χ1) is 9.60. The van der Waals surface area contributed by atoms with Crippen molar-refractivity contribution in [2.24, 2.45) is 0 Å². The average Bonchev–Trinajstić information content (AvgIpc) is 2.38. The first-order valence-corrected chi connectivity index (χ1v) is 7.09. The van der Waals surface area contributed by atoms with Crippen molar-refractivity contribution < 1.29 is 14.2 Å². The zero-order chi connectivity index (χ0) is 14.5. The van der Waals surface area contributed by atoms with Crippen molar-refractivity contribution in [3.05, 3.63) is 69.4 Å². The Balaban J connectivity index is 2.21. The van der Waals surface area contributed by atoms with E-state index < -0.39 is 6.10 Å². The van der Waals surface area contributed by atoms with E-state index in [-0.39, 0.29) is 5.82 Å². The number of ether oxygens (including phenoxy) is 1. The number of hydrogen-bond donors (Lipinski definition) is 1. The Kier molecular flexibility index (Phi) is 5.29. The van der Waals surface area contributed by atoms with E-state index in [0.29, 0.717) is 17.5 Å². The van der Waals surface area contributed by atoms with E-state index in [1.807, 2.05) is 30.3 Å². The molecule has 0 aliphatic heterocycles. The average molecular weight is 339 g/mol. The van der Waals surface area contributed by atoms with Gasteiger partial charge in [0.2, 0.25) is 0 Å². The number of methoxy groups -OCH3 is 1. The molecule has 0 amide bonds. The molecule has 0 bridgehead atoms. The third kappa shape index (κ3) is 3.88. The summed E-state index contributed by atoms with van der Waals surface area (Å²) in [6.45, 7) is 0.445. The maximum Gasteiger partial charge on any atom is 0.124 e. The summed E-state index contributed by atoms with van der Waals surface area (Å²) in [4.78, 5) is 0. The van der Waals surface area contributed by atoms with Crippen LogP contribution >= 0.6 is 15.9 Å². The van der Waals surface area contributed by atoms with Crippen LogP contribution in [0.25, 0.3) is 0 Å². The molecule has 2 aromatic rings. The topological polar surface area (TPSA) is 29.5 Å². The summed E-state index contributed by atoms with van der Waals surface area (Å²) < 4.78 is 19.1. The molecular formula is C16H16BrFO2. The van der Waals surface area contributed by atoms with E-state index in [0.717, 1.165) is 16.7 Å². The van der Waals surface area contributed by atoms with Crippen LogP contribution in [0.15, 0.2) is 46.9 Å². The van der Waals surface area contributed by atoms with Crippen LogP contribution in [0.2, 0.25) is 0 Å². The van der Waals surface area contributed by atoms with E-state index in [9.17, 15) is 9.50 Å². The normalized spacial score (nSPS) is 12.4. The Labute approximate surface area is 126 Å². The molecule has 4 heteroatoms. The van der Waals surface area contributed by atoms with Gasteiger partial charge in [-0.2, -0.15) is 0 Å². The second-order valence-corrected chi connectivity index (χ2v) is 5.55. The molecule has 2 rings (SSSR count). The summed E-state index contributed by atoms with van der Waals surface area (Å²) in [6, 6.07) is 12.2. The van der Waals surface area contributed by atoms with Gasteiger partial charge in [0.25, 0.3) is 0 Å². The van der Waals surface area contributed by atoms with E-state index in [4.69, 9.17) is 4.74 Å². The standard InChI is InChI=1S/C16H16BrFO2/c1-20-10-12-4-2-3-5-15(12)16(19)8-11-6-13(17)9-14(18)7-11/h2-7,9,16,19H,8,10H2,1H3. The Morgan fingerprint density at radius 1 is 1.25 bits per heavy atom. The van der Waals surface area contributed by atoms with Crippen LogP contribution < -0.4 is 0 Å². The first-order valence-electron chi connectivity index (χ1n) is 6.30. The predicted octanol–water partition coefficient (Wildman–Crippen LogP) is 4.01. The zero-order valence-electron chi connectivity index (χ0n) is 11.1. The van der Waals surface area contributed by atoms with Gasteiger partial charge in [-0.3, -0.25) is 0 Å². The Bertz CT molecular complexity index is 566. The second-order valence-electron chi connectivity index (χ2n) is 4.63. The van der Waals surface area contributed by atoms with Gasteiger partial charge in [0.1, 0.15) is 5.82 Å². The van der Waals surface area contributed by atoms with Crippen molar-refractivity contribution in [1.29, 1.82) is 0 Å². The van der Waals surface area contributed by atoms with Gasteiger partial charge in [-0.15, -0.1) is 0 Å². The smallest absolute Gasteiger partial charge is 0.124 e. The molecule has 2 aromatic carbocycles. The highest BCUT2D eigenvalue weighted by Crippen LogP contribution is 2.24. The van der Waals surface area contributed by atoms with Crippen molar-refractivity contribution in [3.63, 3.8) is 0 Å². The molecule has 0 spiro atoms. The van der Waals surface area contributed by atoms with Gasteiger partial charge in [0, 0.05) is 18.0 Å². The maximum absolute atomic E-state index is 13.3. The molecule has 0 aliphatic carbocycles. The molecule has 1 atom stereocenters. The molecule has 0 heterocycles. The molecule has 106 valence electrons. The molecule has 1 N–H and O–H groups in total. The Morgan fingerprint density at radius 3 is 2.70 bits per heavy atom. The molecule has 0 radical (unpaired) electrons. The number of benzene rings is 2. The summed E-state index contributed by atoms with van der Waals surface area (Å²) in [5.74, 6) is -0.313. The minimum absolute atomic E-state index is 0.313. The van der Waals surface area contributed by atoms with Gasteiger partial charge in [-0.1, -0.05) is 40.2 Å². The number of halogens is 2. The fraction of sp³-hybridized carbons (Fsp3) is 0.250. The monoisotopic (exact) mass is 338 g/mol. The molecule has 0 saturated carbocycles. The molecule has 20 heavy (non-hydrogen) atoms. The van der Waals surface area contributed by atoms with E-state index in [1.165, 1.54) is 12.1 Å². The summed E-state index contributed by atoms with van der Waals surface area (Å²) in [5.41, 5.74) is 2.50. The Hall–Kier alpha value is -1.23. The van der Waals surface area contributed by atoms with Crippen molar-refractivity contribution >= 4 is 15.9 Å². The van der Waals surface area contributed by atoms with E-state index in [2.05, 4.69) is 15.9 Å². The van der Waals surface area contributed by atoms with Crippen LogP contribution in [0.5, 0.6) is 0 Å². The molecule has 0 aromatic heterocycles. The summed E-state index contributed by atoms with van der Waals surface area (Å²) in [6.07, 6.45) is -0.327. The van der Waals surface area contributed by atoms with Crippen molar-refractivity contribution in [2.75, 3.05) is 7.11 Å². The molecule has 0 fully saturated rings. The minimum atomic E-state index is -0.685. The Morgan fingerprint density at radius 2 is 2.00 bits per heavy atom. The lowest BCUT2D eigenvalue weighted by Crippen LogP contribution is -2.06. The zero-order valence-corrected chi connectivity index (χ0v) is 12.7. The fourth-order valence-corrected chi connectivity index (χ4v) is 2.72. The van der Waals surface area contributed by atoms with Gasteiger partial charge < -0.3 is 9.84 Å². The highest BCUT2D eigenvalue weighted by Gasteiger charge is 2.13. The van der Waals surface area contributed by atoms with Gasteiger partial charge in [0.05, 0.1) is 12.7 Å². The van der Waals surface area contributed by atoms with Crippen molar-refractivity contribution in [2.45, 2.75) is 19.1 Å². The SMILES string of the molecule is COCc1ccccc1C(O)Cc1cc(F)cc(Br)c1. The number of hydrogen-bond acceptors (Lipinski definition) is 2. The van der Waals surface area contributed by atoms with Crippen LogP contribution in [-0.2, 0) is 17.8 Å². The first kappa shape index (κ1) is 15.2. The maximum atomic E-state index is 13.3. The molecule has 0 aliphatic rings. The lowest BCUT2D eigenvalue weighted by Gasteiger charge is -2.15. The van der Waals surface area contributed by atoms with Crippen LogP contribution in [-0.4, -0.2) is 12.2 Å². The van der Waals surface area contributed by atoms with Crippen LogP contribution in [0.3, 0.4) is 0 Å². The highest BCUT2D eigenvalue weighted by atomic mass is 79.9. The lowest BCUT2D eigenvalue weighted by atomic mass is 9.97. The molecule has 1 unspecified atom stereocenters. The number of aliphatic hydroxyl groups is 1. The van der Waals surface area contributed by atoms with Crippen molar-refractivity contribution in [1.82, 2.24) is 0 Å². The third-order valence-electron chi connectivity index (χ3n) is 3.07. The fourth-order valence-electron chi connectivity index (χ4n) is 2.21. The largest absolute Gasteiger partial charge is 0.388 e. The van der Waals surface area contributed by atoms with E-state index in [1.54, 1.807) is 7.11 Å². The van der Waals surface area contributed by atoms with Gasteiger partial charge in [0.15, 0.2) is 0 Å². The van der Waals surface area contributed by atoms with E-state index >= 15 is 0 Å². The number of aliphatic hydroxyl groups excluding tert-OH is 1. The summed E-state index contributed by atoms with van der Waals surface area (Å²) >= 11 is 3.26. The minimum Gasteiger partial charge on any atom is -0.388 e. The van der Waals surface area contributed by atoms with Crippen LogP contribution in [0.1, 0.15) is 22.8 Å².